The molecule has 1 heterocycles. The molecule has 0 unspecified atom stereocenters. The number of hydrogen-bond donors (Lipinski definition) is 0. The molecule has 3 heteroatoms. The Labute approximate surface area is 153 Å². The van der Waals surface area contributed by atoms with Gasteiger partial charge in [0.15, 0.2) is 7.83 Å². The smallest absolute Gasteiger partial charge is 0.174 e. The van der Waals surface area contributed by atoms with Gasteiger partial charge in [-0.1, -0.05) is 57.0 Å². The predicted octanol–water partition coefficient (Wildman–Crippen LogP) is 7.41. The third-order valence-electron chi connectivity index (χ3n) is 6.39. The van der Waals surface area contributed by atoms with Crippen molar-refractivity contribution in [3.05, 3.63) is 25.3 Å². The van der Waals surface area contributed by atoms with Crippen LogP contribution in [0.4, 0.5) is 0 Å². The molecule has 1 rings (SSSR count). The Morgan fingerprint density at radius 3 is 1.75 bits per heavy atom. The molecule has 24 heavy (non-hydrogen) atoms. The van der Waals surface area contributed by atoms with Crippen molar-refractivity contribution in [2.24, 2.45) is 0 Å². The lowest BCUT2D eigenvalue weighted by Crippen LogP contribution is -2.65. The first-order valence-corrected chi connectivity index (χ1v) is 17.3. The Bertz CT molecular complexity index is 369. The molecule has 1 nitrogen and oxygen atoms in total. The van der Waals surface area contributed by atoms with Crippen LogP contribution in [0.5, 0.6) is 0 Å². The molecule has 0 saturated carbocycles. The first-order valence-electron chi connectivity index (χ1n) is 10.2. The van der Waals surface area contributed by atoms with Crippen LogP contribution in [0.15, 0.2) is 25.3 Å². The van der Waals surface area contributed by atoms with Crippen LogP contribution in [0.25, 0.3) is 0 Å². The van der Waals surface area contributed by atoms with Crippen LogP contribution >= 0.6 is 0 Å². The lowest BCUT2D eigenvalue weighted by Gasteiger charge is -2.52. The van der Waals surface area contributed by atoms with E-state index in [9.17, 15) is 0 Å². The van der Waals surface area contributed by atoms with Crippen LogP contribution in [0.1, 0.15) is 70.6 Å². The molecule has 0 bridgehead atoms. The van der Waals surface area contributed by atoms with Crippen LogP contribution in [-0.2, 0) is 4.43 Å². The number of unbranched alkanes of at least 4 members (excludes halogenated alkanes) is 6. The van der Waals surface area contributed by atoms with Gasteiger partial charge in [-0.25, -0.2) is 0 Å². The zero-order chi connectivity index (χ0) is 18.1. The summed E-state index contributed by atoms with van der Waals surface area (Å²) in [7, 11) is -2.63. The van der Waals surface area contributed by atoms with E-state index in [0.717, 1.165) is 12.8 Å². The van der Waals surface area contributed by atoms with Crippen molar-refractivity contribution < 1.29 is 4.43 Å². The van der Waals surface area contributed by atoms with Crippen LogP contribution in [0.3, 0.4) is 0 Å². The van der Waals surface area contributed by atoms with Gasteiger partial charge in [-0.3, -0.25) is 0 Å². The molecular formula is C21H42OSi2. The average Bonchev–Trinajstić information content (AvgIpc) is 2.51. The summed E-state index contributed by atoms with van der Waals surface area (Å²) in [6, 6.07) is 1.48. The van der Waals surface area contributed by atoms with E-state index < -0.39 is 15.4 Å². The highest BCUT2D eigenvalue weighted by Gasteiger charge is 2.52. The zero-order valence-corrected chi connectivity index (χ0v) is 19.0. The maximum absolute atomic E-state index is 7.05. The Hall–Kier alpha value is -0.126. The molecule has 0 aromatic heterocycles. The molecule has 0 N–H and O–H groups in total. The second kappa shape index (κ2) is 10.1. The predicted molar refractivity (Wildman–Crippen MR) is 115 cm³/mol. The SMILES string of the molecule is C=CCCCCCC1(CCCCCC=C)CC[Si](C)(C)[Si](C)(C)O1. The second-order valence-electron chi connectivity index (χ2n) is 8.96. The molecule has 0 radical (unpaired) electrons. The molecule has 0 amide bonds. The number of hydrogen-bond acceptors (Lipinski definition) is 1. The normalized spacial score (nSPS) is 21.3. The minimum absolute atomic E-state index is 0.209. The Morgan fingerprint density at radius 1 is 0.833 bits per heavy atom. The van der Waals surface area contributed by atoms with Crippen molar-refractivity contribution in [2.75, 3.05) is 0 Å². The Morgan fingerprint density at radius 2 is 1.33 bits per heavy atom. The van der Waals surface area contributed by atoms with Crippen molar-refractivity contribution in [1.29, 1.82) is 0 Å². The monoisotopic (exact) mass is 366 g/mol. The van der Waals surface area contributed by atoms with Crippen molar-refractivity contribution in [1.82, 2.24) is 0 Å². The van der Waals surface area contributed by atoms with E-state index in [0.29, 0.717) is 0 Å². The topological polar surface area (TPSA) is 9.23 Å². The molecule has 1 aliphatic heterocycles. The standard InChI is InChI=1S/C21H42OSi2/c1-7-9-11-13-15-17-21(18-16-14-12-10-8-2)19-20-23(3,4)24(5,6)22-21/h7-8H,1-2,9-20H2,3-6H3. The molecule has 1 aliphatic rings. The molecule has 0 atom stereocenters. The van der Waals surface area contributed by atoms with Gasteiger partial charge in [-0.2, -0.15) is 0 Å². The first kappa shape index (κ1) is 21.9. The summed E-state index contributed by atoms with van der Waals surface area (Å²) in [5.74, 6) is 0. The van der Waals surface area contributed by atoms with Gasteiger partial charge < -0.3 is 4.43 Å². The fraction of sp³-hybridized carbons (Fsp3) is 0.810. The molecule has 1 fully saturated rings. The Balaban J connectivity index is 2.61. The third-order valence-corrected chi connectivity index (χ3v) is 22.9. The molecular weight excluding hydrogens is 324 g/mol. The van der Waals surface area contributed by atoms with E-state index in [2.05, 4.69) is 51.5 Å². The average molecular weight is 367 g/mol. The summed E-state index contributed by atoms with van der Waals surface area (Å²) in [4.78, 5) is 0. The van der Waals surface area contributed by atoms with Gasteiger partial charge in [0.25, 0.3) is 0 Å². The molecule has 0 aromatic carbocycles. The van der Waals surface area contributed by atoms with Gasteiger partial charge in [0.1, 0.15) is 0 Å². The summed E-state index contributed by atoms with van der Waals surface area (Å²) < 4.78 is 7.05. The van der Waals surface area contributed by atoms with Crippen LogP contribution in [-0.4, -0.2) is 21.0 Å². The van der Waals surface area contributed by atoms with Gasteiger partial charge >= 0.3 is 0 Å². The third kappa shape index (κ3) is 6.64. The van der Waals surface area contributed by atoms with E-state index in [4.69, 9.17) is 4.43 Å². The Kier molecular flexibility index (Phi) is 9.25. The second-order valence-corrected chi connectivity index (χ2v) is 24.1. The molecule has 140 valence electrons. The van der Waals surface area contributed by atoms with Gasteiger partial charge in [-0.05, 0) is 58.0 Å². The van der Waals surface area contributed by atoms with Gasteiger partial charge in [0.2, 0.25) is 0 Å². The highest BCUT2D eigenvalue weighted by molar-refractivity contribution is 7.38. The summed E-state index contributed by atoms with van der Waals surface area (Å²) >= 11 is 0. The quantitative estimate of drug-likeness (QED) is 0.198. The van der Waals surface area contributed by atoms with Crippen LogP contribution in [0.2, 0.25) is 32.2 Å². The van der Waals surface area contributed by atoms with Gasteiger partial charge in [-0.15, -0.1) is 13.2 Å². The zero-order valence-electron chi connectivity index (χ0n) is 17.0. The van der Waals surface area contributed by atoms with Gasteiger partial charge in [0.05, 0.1) is 13.2 Å². The fourth-order valence-electron chi connectivity index (χ4n) is 3.87. The highest BCUT2D eigenvalue weighted by Crippen LogP contribution is 2.44. The lowest BCUT2D eigenvalue weighted by molar-refractivity contribution is 0.0300. The highest BCUT2D eigenvalue weighted by atomic mass is 29.3. The van der Waals surface area contributed by atoms with E-state index >= 15 is 0 Å². The van der Waals surface area contributed by atoms with Crippen LogP contribution < -0.4 is 0 Å². The largest absolute Gasteiger partial charge is 0.415 e. The minimum Gasteiger partial charge on any atom is -0.415 e. The van der Waals surface area contributed by atoms with Crippen LogP contribution in [0, 0.1) is 0 Å². The van der Waals surface area contributed by atoms with Crippen molar-refractivity contribution >= 4 is 15.4 Å². The first-order chi connectivity index (χ1) is 11.3. The minimum atomic E-state index is -1.50. The van der Waals surface area contributed by atoms with E-state index in [1.807, 2.05) is 0 Å². The summed E-state index contributed by atoms with van der Waals surface area (Å²) in [5, 5.41) is 0. The number of allylic oxidation sites excluding steroid dienone is 2. The number of rotatable bonds is 12. The van der Waals surface area contributed by atoms with E-state index in [1.54, 1.807) is 0 Å². The summed E-state index contributed by atoms with van der Waals surface area (Å²) in [6.45, 7) is 17.8. The van der Waals surface area contributed by atoms with E-state index in [1.165, 1.54) is 63.8 Å². The van der Waals surface area contributed by atoms with Gasteiger partial charge in [0, 0.05) is 0 Å². The van der Waals surface area contributed by atoms with Crippen molar-refractivity contribution in [2.45, 2.75) is 108 Å². The molecule has 0 aliphatic carbocycles. The molecule has 1 saturated heterocycles. The fourth-order valence-corrected chi connectivity index (χ4v) is 10.9. The summed E-state index contributed by atoms with van der Waals surface area (Å²) in [5.41, 5.74) is 0.209. The maximum atomic E-state index is 7.05. The lowest BCUT2D eigenvalue weighted by atomic mass is 9.87. The summed E-state index contributed by atoms with van der Waals surface area (Å²) in [6.07, 6.45) is 18.2. The van der Waals surface area contributed by atoms with Crippen molar-refractivity contribution in [3.8, 4) is 0 Å². The molecule has 0 spiro atoms. The maximum Gasteiger partial charge on any atom is 0.174 e. The molecule has 0 aromatic rings. The van der Waals surface area contributed by atoms with Crippen molar-refractivity contribution in [3.63, 3.8) is 0 Å². The van der Waals surface area contributed by atoms with E-state index in [-0.39, 0.29) is 5.60 Å².